The third-order valence-electron chi connectivity index (χ3n) is 6.27. The Bertz CT molecular complexity index is 1540. The summed E-state index contributed by atoms with van der Waals surface area (Å²) in [6, 6.07) is 24.4. The maximum Gasteiger partial charge on any atom is 0.337 e. The minimum atomic E-state index is -1.33. The van der Waals surface area contributed by atoms with Gasteiger partial charge in [0.15, 0.2) is 6.10 Å². The quantitative estimate of drug-likeness (QED) is 0.262. The molecule has 0 saturated heterocycles. The van der Waals surface area contributed by atoms with Crippen molar-refractivity contribution in [3.05, 3.63) is 106 Å². The molecule has 1 unspecified atom stereocenters. The van der Waals surface area contributed by atoms with Gasteiger partial charge in [0.1, 0.15) is 5.60 Å². The summed E-state index contributed by atoms with van der Waals surface area (Å²) in [5.74, 6) is 5.05. The van der Waals surface area contributed by atoms with Crippen molar-refractivity contribution >= 4 is 28.3 Å². The van der Waals surface area contributed by atoms with E-state index in [-0.39, 0.29) is 0 Å². The number of hydrogen-bond acceptors (Lipinski definition) is 3. The third-order valence-corrected chi connectivity index (χ3v) is 6.52. The lowest BCUT2D eigenvalue weighted by Gasteiger charge is -2.28. The van der Waals surface area contributed by atoms with E-state index in [2.05, 4.69) is 11.8 Å². The van der Waals surface area contributed by atoms with Crippen LogP contribution in [0.3, 0.4) is 0 Å². The number of rotatable bonds is 5. The predicted molar refractivity (Wildman–Crippen MR) is 153 cm³/mol. The van der Waals surface area contributed by atoms with Crippen molar-refractivity contribution in [2.75, 3.05) is 0 Å². The van der Waals surface area contributed by atoms with Crippen molar-refractivity contribution in [3.63, 3.8) is 0 Å². The molecule has 0 amide bonds. The van der Waals surface area contributed by atoms with E-state index in [9.17, 15) is 15.0 Å². The third kappa shape index (κ3) is 6.09. The maximum atomic E-state index is 12.5. The molecule has 2 atom stereocenters. The SMILES string of the molecule is Cc1cc2ccc(C#CC(C)(O)c3ccccc3)cc2c(-c2ccc(Cl)cc2)c1[C@H](OC(C)(C)C)C(=O)O. The molecule has 0 saturated carbocycles. The number of benzene rings is 4. The Morgan fingerprint density at radius 1 is 0.947 bits per heavy atom. The molecule has 4 aromatic rings. The van der Waals surface area contributed by atoms with Crippen molar-refractivity contribution in [1.29, 1.82) is 0 Å². The molecule has 0 aliphatic rings. The number of aliphatic hydroxyl groups is 1. The second kappa shape index (κ2) is 10.6. The van der Waals surface area contributed by atoms with Crippen molar-refractivity contribution in [2.45, 2.75) is 51.9 Å². The van der Waals surface area contributed by atoms with Gasteiger partial charge in [-0.3, -0.25) is 0 Å². The minimum absolute atomic E-state index is 0.586. The lowest BCUT2D eigenvalue weighted by molar-refractivity contribution is -0.160. The molecule has 0 bridgehead atoms. The first-order valence-electron chi connectivity index (χ1n) is 12.4. The van der Waals surface area contributed by atoms with E-state index in [0.29, 0.717) is 21.7 Å². The fraction of sp³-hybridized carbons (Fsp3) is 0.242. The van der Waals surface area contributed by atoms with Gasteiger partial charge in [-0.2, -0.15) is 0 Å². The molecule has 0 aromatic heterocycles. The molecular formula is C33H31ClO4. The summed E-state index contributed by atoms with van der Waals surface area (Å²) in [6.45, 7) is 9.09. The molecule has 0 spiro atoms. The number of aryl methyl sites for hydroxylation is 1. The molecule has 4 nitrogen and oxygen atoms in total. The first-order chi connectivity index (χ1) is 17.9. The van der Waals surface area contributed by atoms with Crippen LogP contribution in [0.25, 0.3) is 21.9 Å². The number of fused-ring (bicyclic) bond motifs is 1. The van der Waals surface area contributed by atoms with E-state index >= 15 is 0 Å². The first-order valence-corrected chi connectivity index (χ1v) is 12.8. The average molecular weight is 527 g/mol. The number of hydrogen-bond donors (Lipinski definition) is 2. The molecule has 4 rings (SSSR count). The fourth-order valence-corrected chi connectivity index (χ4v) is 4.64. The molecule has 194 valence electrons. The zero-order chi connectivity index (χ0) is 27.7. The highest BCUT2D eigenvalue weighted by Crippen LogP contribution is 2.41. The topological polar surface area (TPSA) is 66.8 Å². The fourth-order valence-electron chi connectivity index (χ4n) is 4.51. The summed E-state index contributed by atoms with van der Waals surface area (Å²) in [7, 11) is 0. The van der Waals surface area contributed by atoms with Crippen LogP contribution in [0.2, 0.25) is 5.02 Å². The summed E-state index contributed by atoms with van der Waals surface area (Å²) in [5.41, 5.74) is 2.36. The largest absolute Gasteiger partial charge is 0.479 e. The highest BCUT2D eigenvalue weighted by molar-refractivity contribution is 6.30. The van der Waals surface area contributed by atoms with E-state index in [1.165, 1.54) is 0 Å². The van der Waals surface area contributed by atoms with Gasteiger partial charge in [0.25, 0.3) is 0 Å². The second-order valence-corrected chi connectivity index (χ2v) is 11.0. The van der Waals surface area contributed by atoms with Gasteiger partial charge in [-0.1, -0.05) is 78.0 Å². The average Bonchev–Trinajstić information content (AvgIpc) is 2.86. The van der Waals surface area contributed by atoms with E-state index in [4.69, 9.17) is 16.3 Å². The molecule has 0 aliphatic carbocycles. The van der Waals surface area contributed by atoms with Crippen LogP contribution < -0.4 is 0 Å². The molecule has 4 aromatic carbocycles. The Hall–Kier alpha value is -3.62. The van der Waals surface area contributed by atoms with Crippen LogP contribution in [0.15, 0.2) is 78.9 Å². The summed E-state index contributed by atoms with van der Waals surface area (Å²) in [4.78, 5) is 12.5. The number of carbonyl (C=O) groups is 1. The van der Waals surface area contributed by atoms with Crippen molar-refractivity contribution < 1.29 is 19.7 Å². The molecule has 38 heavy (non-hydrogen) atoms. The Kier molecular flexibility index (Phi) is 7.67. The molecule has 2 N–H and O–H groups in total. The molecule has 0 heterocycles. The van der Waals surface area contributed by atoms with Crippen LogP contribution in [0.5, 0.6) is 0 Å². The molecule has 0 aliphatic heterocycles. The molecule has 0 fully saturated rings. The van der Waals surface area contributed by atoms with Gasteiger partial charge in [-0.15, -0.1) is 0 Å². The number of carboxylic acid groups (broad SMARTS) is 1. The number of carboxylic acids is 1. The van der Waals surface area contributed by atoms with Crippen molar-refractivity contribution in [3.8, 4) is 23.0 Å². The van der Waals surface area contributed by atoms with E-state index in [0.717, 1.165) is 27.5 Å². The zero-order valence-corrected chi connectivity index (χ0v) is 22.9. The molecule has 5 heteroatoms. The predicted octanol–water partition coefficient (Wildman–Crippen LogP) is 7.67. The number of ether oxygens (including phenoxy) is 1. The summed E-state index contributed by atoms with van der Waals surface area (Å²) in [6.07, 6.45) is -1.18. The van der Waals surface area contributed by atoms with Crippen LogP contribution in [-0.2, 0) is 15.1 Å². The maximum absolute atomic E-state index is 12.5. The Labute approximate surface area is 228 Å². The Morgan fingerprint density at radius 3 is 2.21 bits per heavy atom. The van der Waals surface area contributed by atoms with Crippen LogP contribution >= 0.6 is 11.6 Å². The first kappa shape index (κ1) is 27.4. The standard InChI is InChI=1S/C33H31ClO4/c1-21-19-24-12-11-22(17-18-33(5,37)25-9-7-6-8-10-25)20-27(24)29(23-13-15-26(34)16-14-23)28(21)30(31(35)36)38-32(2,3)4/h6-16,19-20,30,37H,1-5H3,(H,35,36)/t30-,33?/m0/s1. The summed E-state index contributed by atoms with van der Waals surface area (Å²) < 4.78 is 6.09. The summed E-state index contributed by atoms with van der Waals surface area (Å²) >= 11 is 6.19. The smallest absolute Gasteiger partial charge is 0.337 e. The van der Waals surface area contributed by atoms with Crippen LogP contribution in [-0.4, -0.2) is 21.8 Å². The lowest BCUT2D eigenvalue weighted by Crippen LogP contribution is -2.28. The van der Waals surface area contributed by atoms with Crippen molar-refractivity contribution in [1.82, 2.24) is 0 Å². The normalized spacial score (nSPS) is 13.9. The summed E-state index contributed by atoms with van der Waals surface area (Å²) in [5, 5.41) is 23.6. The van der Waals surface area contributed by atoms with Gasteiger partial charge >= 0.3 is 5.97 Å². The van der Waals surface area contributed by atoms with Gasteiger partial charge in [-0.25, -0.2) is 4.79 Å². The van der Waals surface area contributed by atoms with Gasteiger partial charge < -0.3 is 14.9 Å². The van der Waals surface area contributed by atoms with Gasteiger partial charge in [0.2, 0.25) is 0 Å². The van der Waals surface area contributed by atoms with Gasteiger partial charge in [0.05, 0.1) is 5.60 Å². The highest BCUT2D eigenvalue weighted by Gasteiger charge is 2.31. The number of aliphatic carboxylic acids is 1. The monoisotopic (exact) mass is 526 g/mol. The van der Waals surface area contributed by atoms with E-state index in [1.54, 1.807) is 19.1 Å². The van der Waals surface area contributed by atoms with Crippen LogP contribution in [0, 0.1) is 18.8 Å². The Balaban J connectivity index is 1.96. The zero-order valence-electron chi connectivity index (χ0n) is 22.2. The Morgan fingerprint density at radius 2 is 1.61 bits per heavy atom. The lowest BCUT2D eigenvalue weighted by atomic mass is 9.86. The van der Waals surface area contributed by atoms with Gasteiger partial charge in [-0.05, 0) is 91.9 Å². The van der Waals surface area contributed by atoms with Gasteiger partial charge in [0, 0.05) is 16.1 Å². The highest BCUT2D eigenvalue weighted by atomic mass is 35.5. The molecular weight excluding hydrogens is 496 g/mol. The van der Waals surface area contributed by atoms with Crippen LogP contribution in [0.4, 0.5) is 0 Å². The van der Waals surface area contributed by atoms with E-state index < -0.39 is 23.3 Å². The van der Waals surface area contributed by atoms with Crippen molar-refractivity contribution in [2.24, 2.45) is 0 Å². The second-order valence-electron chi connectivity index (χ2n) is 10.6. The minimum Gasteiger partial charge on any atom is -0.479 e. The molecule has 0 radical (unpaired) electrons. The van der Waals surface area contributed by atoms with Crippen LogP contribution in [0.1, 0.15) is 56.1 Å². The number of halogens is 1. The van der Waals surface area contributed by atoms with E-state index in [1.807, 2.05) is 94.4 Å².